The summed E-state index contributed by atoms with van der Waals surface area (Å²) < 4.78 is 5.32. The molecule has 0 amide bonds. The molecule has 1 aromatic carbocycles. The normalized spacial score (nSPS) is 11.6. The van der Waals surface area contributed by atoms with Crippen molar-refractivity contribution in [1.82, 2.24) is 4.98 Å². The molecule has 0 atom stereocenters. The molecule has 0 bridgehead atoms. The molecular weight excluding hydrogens is 258 g/mol. The van der Waals surface area contributed by atoms with Gasteiger partial charge < -0.3 is 10.1 Å². The summed E-state index contributed by atoms with van der Waals surface area (Å²) in [4.78, 5) is 14.7. The number of nitro benzene ring substituents is 1. The van der Waals surface area contributed by atoms with Crippen molar-refractivity contribution >= 4 is 22.4 Å². The molecule has 0 aliphatic heterocycles. The van der Waals surface area contributed by atoms with Gasteiger partial charge >= 0.3 is 0 Å². The van der Waals surface area contributed by atoms with Crippen LogP contribution in [0.3, 0.4) is 0 Å². The van der Waals surface area contributed by atoms with E-state index in [4.69, 9.17) is 4.74 Å². The van der Waals surface area contributed by atoms with Crippen LogP contribution in [-0.2, 0) is 4.74 Å². The van der Waals surface area contributed by atoms with Crippen LogP contribution in [0.1, 0.15) is 13.8 Å². The number of nitro groups is 1. The summed E-state index contributed by atoms with van der Waals surface area (Å²) in [7, 11) is 1.66. The average molecular weight is 275 g/mol. The second-order valence-electron chi connectivity index (χ2n) is 5.15. The summed E-state index contributed by atoms with van der Waals surface area (Å²) in [6, 6.07) is 8.25. The molecule has 1 heterocycles. The highest BCUT2D eigenvalue weighted by molar-refractivity contribution is 5.82. The van der Waals surface area contributed by atoms with Gasteiger partial charge in [-0.1, -0.05) is 0 Å². The standard InChI is InChI=1S/C14H17N3O3/c1-14(2,20-3)9-15-13-7-4-10-8-11(17(18)19)5-6-12(10)16-13/h4-8H,9H2,1-3H3,(H,15,16). The van der Waals surface area contributed by atoms with Crippen molar-refractivity contribution in [3.8, 4) is 0 Å². The number of fused-ring (bicyclic) bond motifs is 1. The van der Waals surface area contributed by atoms with Gasteiger partial charge in [-0.2, -0.15) is 0 Å². The molecule has 0 radical (unpaired) electrons. The van der Waals surface area contributed by atoms with E-state index in [9.17, 15) is 10.1 Å². The number of ether oxygens (including phenoxy) is 1. The Kier molecular flexibility index (Phi) is 3.85. The Morgan fingerprint density at radius 2 is 2.10 bits per heavy atom. The average Bonchev–Trinajstić information content (AvgIpc) is 2.44. The minimum absolute atomic E-state index is 0.0699. The van der Waals surface area contributed by atoms with E-state index in [0.29, 0.717) is 6.54 Å². The third kappa shape index (κ3) is 3.21. The molecule has 0 saturated heterocycles. The minimum atomic E-state index is -0.410. The molecule has 6 nitrogen and oxygen atoms in total. The van der Waals surface area contributed by atoms with Gasteiger partial charge in [-0.25, -0.2) is 4.98 Å². The van der Waals surface area contributed by atoms with Gasteiger partial charge in [-0.15, -0.1) is 0 Å². The van der Waals surface area contributed by atoms with Crippen molar-refractivity contribution in [2.75, 3.05) is 19.0 Å². The minimum Gasteiger partial charge on any atom is -0.377 e. The number of pyridine rings is 1. The van der Waals surface area contributed by atoms with E-state index >= 15 is 0 Å². The summed E-state index contributed by atoms with van der Waals surface area (Å²) in [6.07, 6.45) is 0. The fraction of sp³-hybridized carbons (Fsp3) is 0.357. The molecule has 0 aliphatic rings. The number of anilines is 1. The number of benzene rings is 1. The first-order valence-electron chi connectivity index (χ1n) is 6.25. The molecule has 0 fully saturated rings. The van der Waals surface area contributed by atoms with Crippen LogP contribution in [0.15, 0.2) is 30.3 Å². The number of methoxy groups -OCH3 is 1. The Balaban J connectivity index is 2.22. The van der Waals surface area contributed by atoms with Gasteiger partial charge in [-0.3, -0.25) is 10.1 Å². The van der Waals surface area contributed by atoms with Crippen LogP contribution in [0.5, 0.6) is 0 Å². The van der Waals surface area contributed by atoms with E-state index in [1.165, 1.54) is 12.1 Å². The molecule has 0 saturated carbocycles. The lowest BCUT2D eigenvalue weighted by molar-refractivity contribution is -0.384. The summed E-state index contributed by atoms with van der Waals surface area (Å²) in [5, 5.41) is 14.7. The predicted octanol–water partition coefficient (Wildman–Crippen LogP) is 2.98. The summed E-state index contributed by atoms with van der Waals surface area (Å²) in [5.74, 6) is 0.719. The Morgan fingerprint density at radius 3 is 2.75 bits per heavy atom. The highest BCUT2D eigenvalue weighted by Gasteiger charge is 2.16. The second kappa shape index (κ2) is 5.42. The highest BCUT2D eigenvalue weighted by atomic mass is 16.6. The fourth-order valence-corrected chi connectivity index (χ4v) is 1.70. The number of nitrogens with one attached hydrogen (secondary N) is 1. The SMILES string of the molecule is COC(C)(C)CNc1ccc2cc([N+](=O)[O-])ccc2n1. The molecule has 20 heavy (non-hydrogen) atoms. The number of aromatic nitrogens is 1. The van der Waals surface area contributed by atoms with Crippen LogP contribution >= 0.6 is 0 Å². The lowest BCUT2D eigenvalue weighted by Gasteiger charge is -2.23. The van der Waals surface area contributed by atoms with Crippen LogP contribution in [0, 0.1) is 10.1 Å². The van der Waals surface area contributed by atoms with Gasteiger partial charge in [0.25, 0.3) is 5.69 Å². The molecule has 2 rings (SSSR count). The number of hydrogen-bond donors (Lipinski definition) is 1. The highest BCUT2D eigenvalue weighted by Crippen LogP contribution is 2.21. The maximum absolute atomic E-state index is 10.7. The molecular formula is C14H17N3O3. The van der Waals surface area contributed by atoms with E-state index < -0.39 is 4.92 Å². The molecule has 6 heteroatoms. The predicted molar refractivity (Wildman–Crippen MR) is 78.0 cm³/mol. The van der Waals surface area contributed by atoms with Crippen LogP contribution in [0.4, 0.5) is 11.5 Å². The number of nitrogens with zero attached hydrogens (tertiary/aromatic N) is 2. The maximum Gasteiger partial charge on any atom is 0.270 e. The largest absolute Gasteiger partial charge is 0.377 e. The lowest BCUT2D eigenvalue weighted by Crippen LogP contribution is -2.32. The fourth-order valence-electron chi connectivity index (χ4n) is 1.70. The Morgan fingerprint density at radius 1 is 1.35 bits per heavy atom. The zero-order chi connectivity index (χ0) is 14.8. The van der Waals surface area contributed by atoms with Crippen molar-refractivity contribution in [2.45, 2.75) is 19.4 Å². The van der Waals surface area contributed by atoms with Crippen molar-refractivity contribution in [2.24, 2.45) is 0 Å². The molecule has 0 unspecified atom stereocenters. The monoisotopic (exact) mass is 275 g/mol. The maximum atomic E-state index is 10.7. The van der Waals surface area contributed by atoms with Crippen molar-refractivity contribution < 1.29 is 9.66 Å². The molecule has 1 aromatic heterocycles. The number of hydrogen-bond acceptors (Lipinski definition) is 5. The van der Waals surface area contributed by atoms with Crippen molar-refractivity contribution in [3.63, 3.8) is 0 Å². The van der Waals surface area contributed by atoms with Crippen LogP contribution in [0.25, 0.3) is 10.9 Å². The van der Waals surface area contributed by atoms with Gasteiger partial charge in [0.2, 0.25) is 0 Å². The van der Waals surface area contributed by atoms with Gasteiger partial charge in [0.1, 0.15) is 5.82 Å². The third-order valence-corrected chi connectivity index (χ3v) is 3.13. The number of rotatable bonds is 5. The summed E-state index contributed by atoms with van der Waals surface area (Å²) >= 11 is 0. The van der Waals surface area contributed by atoms with Gasteiger partial charge in [0.15, 0.2) is 0 Å². The zero-order valence-corrected chi connectivity index (χ0v) is 11.7. The second-order valence-corrected chi connectivity index (χ2v) is 5.15. The zero-order valence-electron chi connectivity index (χ0n) is 11.7. The smallest absolute Gasteiger partial charge is 0.270 e. The molecule has 106 valence electrons. The number of non-ortho nitro benzene ring substituents is 1. The van der Waals surface area contributed by atoms with E-state index in [-0.39, 0.29) is 11.3 Å². The van der Waals surface area contributed by atoms with Crippen molar-refractivity contribution in [1.29, 1.82) is 0 Å². The summed E-state index contributed by atoms with van der Waals surface area (Å²) in [6.45, 7) is 4.57. The first-order valence-corrected chi connectivity index (χ1v) is 6.25. The molecule has 0 aliphatic carbocycles. The molecule has 2 aromatic rings. The topological polar surface area (TPSA) is 77.3 Å². The van der Waals surface area contributed by atoms with E-state index in [0.717, 1.165) is 16.7 Å². The Labute approximate surface area is 116 Å². The third-order valence-electron chi connectivity index (χ3n) is 3.13. The quantitative estimate of drug-likeness (QED) is 0.670. The van der Waals surface area contributed by atoms with E-state index in [1.807, 2.05) is 19.9 Å². The Bertz CT molecular complexity index is 641. The van der Waals surface area contributed by atoms with Crippen LogP contribution in [-0.4, -0.2) is 29.2 Å². The van der Waals surface area contributed by atoms with Crippen molar-refractivity contribution in [3.05, 3.63) is 40.4 Å². The van der Waals surface area contributed by atoms with Gasteiger partial charge in [-0.05, 0) is 32.0 Å². The van der Waals surface area contributed by atoms with Crippen LogP contribution in [0.2, 0.25) is 0 Å². The van der Waals surface area contributed by atoms with E-state index in [1.54, 1.807) is 19.2 Å². The molecule has 1 N–H and O–H groups in total. The first-order chi connectivity index (χ1) is 9.41. The molecule has 0 spiro atoms. The van der Waals surface area contributed by atoms with Gasteiger partial charge in [0.05, 0.1) is 16.0 Å². The van der Waals surface area contributed by atoms with Gasteiger partial charge in [0, 0.05) is 31.2 Å². The lowest BCUT2D eigenvalue weighted by atomic mass is 10.1. The van der Waals surface area contributed by atoms with Crippen LogP contribution < -0.4 is 5.32 Å². The first kappa shape index (κ1) is 14.2. The van der Waals surface area contributed by atoms with E-state index in [2.05, 4.69) is 10.3 Å². The Hall–Kier alpha value is -2.21. The summed E-state index contributed by atoms with van der Waals surface area (Å²) in [5.41, 5.74) is 0.503.